The Balaban J connectivity index is 2.09. The van der Waals surface area contributed by atoms with Gasteiger partial charge in [-0.2, -0.15) is 0 Å². The monoisotopic (exact) mass is 88.1 g/mol. The minimum Gasteiger partial charge on any atom is -0.366 e. The van der Waals surface area contributed by atoms with Gasteiger partial charge < -0.3 is 9.84 Å². The van der Waals surface area contributed by atoms with E-state index in [1.54, 1.807) is 0 Å². The number of ether oxygens (including phenoxy) is 1. The Hall–Kier alpha value is -0.0800. The molecule has 2 heteroatoms. The van der Waals surface area contributed by atoms with Crippen LogP contribution in [0.5, 0.6) is 0 Å². The molecule has 2 nitrogen and oxygen atoms in total. The first-order chi connectivity index (χ1) is 2.84. The van der Waals surface area contributed by atoms with Gasteiger partial charge in [-0.05, 0) is 6.42 Å². The van der Waals surface area contributed by atoms with E-state index in [1.165, 1.54) is 0 Å². The molecule has 0 aromatic heterocycles. The fourth-order valence-electron chi connectivity index (χ4n) is 0.432. The highest BCUT2D eigenvalue weighted by atomic mass is 16.7. The maximum atomic E-state index is 8.40. The summed E-state index contributed by atoms with van der Waals surface area (Å²) in [5.41, 5.74) is 0. The van der Waals surface area contributed by atoms with Crippen LogP contribution in [-0.4, -0.2) is 17.5 Å². The molecule has 0 amide bonds. The van der Waals surface area contributed by atoms with E-state index in [4.69, 9.17) is 5.11 Å². The maximum absolute atomic E-state index is 8.40. The van der Waals surface area contributed by atoms with Gasteiger partial charge in [0.05, 0.1) is 0 Å². The van der Waals surface area contributed by atoms with Gasteiger partial charge in [-0.3, -0.25) is 0 Å². The summed E-state index contributed by atoms with van der Waals surface area (Å²) in [5, 5.41) is 8.40. The standard InChI is InChI=1S/C4H8O2/c1-2-3-4(5)6-3/h3-5H,2H2,1H3/t3-,4+/m1/s1. The van der Waals surface area contributed by atoms with Gasteiger partial charge >= 0.3 is 0 Å². The Morgan fingerprint density at radius 2 is 2.33 bits per heavy atom. The van der Waals surface area contributed by atoms with Crippen LogP contribution in [0.1, 0.15) is 13.3 Å². The Labute approximate surface area is 36.7 Å². The molecule has 1 aliphatic rings. The summed E-state index contributed by atoms with van der Waals surface area (Å²) < 4.78 is 4.62. The molecule has 0 aromatic carbocycles. The van der Waals surface area contributed by atoms with Gasteiger partial charge in [-0.15, -0.1) is 0 Å². The van der Waals surface area contributed by atoms with E-state index in [-0.39, 0.29) is 6.10 Å². The summed E-state index contributed by atoms with van der Waals surface area (Å²) >= 11 is 0. The first kappa shape index (κ1) is 4.09. The largest absolute Gasteiger partial charge is 0.366 e. The SMILES string of the molecule is CC[C@H]1O[C@@H]1O. The van der Waals surface area contributed by atoms with Gasteiger partial charge in [0.25, 0.3) is 0 Å². The van der Waals surface area contributed by atoms with Gasteiger partial charge in [0.2, 0.25) is 0 Å². The van der Waals surface area contributed by atoms with Gasteiger partial charge in [0, 0.05) is 0 Å². The average molecular weight is 88.1 g/mol. The van der Waals surface area contributed by atoms with E-state index < -0.39 is 6.29 Å². The quantitative estimate of drug-likeness (QED) is 0.461. The molecule has 1 rings (SSSR count). The minimum atomic E-state index is -0.435. The number of hydrogen-bond acceptors (Lipinski definition) is 2. The Morgan fingerprint density at radius 1 is 1.83 bits per heavy atom. The summed E-state index contributed by atoms with van der Waals surface area (Å²) in [6.07, 6.45) is 0.654. The van der Waals surface area contributed by atoms with Crippen LogP contribution in [0.15, 0.2) is 0 Å². The fraction of sp³-hybridized carbons (Fsp3) is 1.00. The second-order valence-corrected chi connectivity index (χ2v) is 1.47. The van der Waals surface area contributed by atoms with Gasteiger partial charge in [-0.25, -0.2) is 0 Å². The highest BCUT2D eigenvalue weighted by Crippen LogP contribution is 2.20. The maximum Gasteiger partial charge on any atom is 0.181 e. The highest BCUT2D eigenvalue weighted by Gasteiger charge is 2.34. The third kappa shape index (κ3) is 0.533. The summed E-state index contributed by atoms with van der Waals surface area (Å²) in [6, 6.07) is 0. The second-order valence-electron chi connectivity index (χ2n) is 1.47. The second kappa shape index (κ2) is 1.21. The summed E-state index contributed by atoms with van der Waals surface area (Å²) in [5.74, 6) is 0. The summed E-state index contributed by atoms with van der Waals surface area (Å²) in [7, 11) is 0. The first-order valence-electron chi connectivity index (χ1n) is 2.18. The van der Waals surface area contributed by atoms with E-state index in [0.717, 1.165) is 6.42 Å². The Kier molecular flexibility index (Phi) is 0.821. The molecule has 1 heterocycles. The molecule has 1 N–H and O–H groups in total. The minimum absolute atomic E-state index is 0.157. The van der Waals surface area contributed by atoms with Gasteiger partial charge in [-0.1, -0.05) is 6.92 Å². The van der Waals surface area contributed by atoms with E-state index in [0.29, 0.717) is 0 Å². The predicted octanol–water partition coefficient (Wildman–Crippen LogP) is 0.114. The Bertz CT molecular complexity index is 51.5. The van der Waals surface area contributed by atoms with E-state index in [1.807, 2.05) is 6.92 Å². The molecular weight excluding hydrogens is 80.0 g/mol. The molecule has 0 unspecified atom stereocenters. The number of hydrogen-bond donors (Lipinski definition) is 1. The zero-order chi connectivity index (χ0) is 4.57. The first-order valence-corrected chi connectivity index (χ1v) is 2.18. The van der Waals surface area contributed by atoms with Gasteiger partial charge in [0.15, 0.2) is 6.29 Å². The lowest BCUT2D eigenvalue weighted by molar-refractivity contribution is 0.156. The number of epoxide rings is 1. The van der Waals surface area contributed by atoms with Crippen LogP contribution in [0.2, 0.25) is 0 Å². The lowest BCUT2D eigenvalue weighted by Crippen LogP contribution is -1.86. The molecule has 1 aliphatic heterocycles. The van der Waals surface area contributed by atoms with Crippen molar-refractivity contribution in [2.45, 2.75) is 25.7 Å². The zero-order valence-electron chi connectivity index (χ0n) is 3.72. The van der Waals surface area contributed by atoms with Crippen molar-refractivity contribution >= 4 is 0 Å². The smallest absolute Gasteiger partial charge is 0.181 e. The molecular formula is C4H8O2. The lowest BCUT2D eigenvalue weighted by Gasteiger charge is -1.71. The van der Waals surface area contributed by atoms with Crippen molar-refractivity contribution in [3.05, 3.63) is 0 Å². The van der Waals surface area contributed by atoms with Crippen LogP contribution in [0, 0.1) is 0 Å². The van der Waals surface area contributed by atoms with Crippen molar-refractivity contribution in [3.63, 3.8) is 0 Å². The van der Waals surface area contributed by atoms with Crippen LogP contribution in [0.3, 0.4) is 0 Å². The molecule has 6 heavy (non-hydrogen) atoms. The summed E-state index contributed by atoms with van der Waals surface area (Å²) in [4.78, 5) is 0. The number of aliphatic hydroxyl groups excluding tert-OH is 1. The molecule has 2 atom stereocenters. The van der Waals surface area contributed by atoms with E-state index in [9.17, 15) is 0 Å². The van der Waals surface area contributed by atoms with Crippen molar-refractivity contribution in [2.75, 3.05) is 0 Å². The molecule has 0 aliphatic carbocycles. The molecule has 1 fully saturated rings. The summed E-state index contributed by atoms with van der Waals surface area (Å²) in [6.45, 7) is 1.99. The van der Waals surface area contributed by atoms with Crippen molar-refractivity contribution in [2.24, 2.45) is 0 Å². The van der Waals surface area contributed by atoms with Crippen LogP contribution < -0.4 is 0 Å². The number of aliphatic hydroxyl groups is 1. The average Bonchev–Trinajstić information content (AvgIpc) is 2.19. The van der Waals surface area contributed by atoms with Crippen molar-refractivity contribution in [1.29, 1.82) is 0 Å². The highest BCUT2D eigenvalue weighted by molar-refractivity contribution is 4.71. The predicted molar refractivity (Wildman–Crippen MR) is 21.2 cm³/mol. The third-order valence-corrected chi connectivity index (χ3v) is 0.958. The zero-order valence-corrected chi connectivity index (χ0v) is 3.72. The normalized spacial score (nSPS) is 43.0. The molecule has 1 saturated heterocycles. The van der Waals surface area contributed by atoms with Crippen LogP contribution in [0.25, 0.3) is 0 Å². The van der Waals surface area contributed by atoms with Crippen LogP contribution in [-0.2, 0) is 4.74 Å². The van der Waals surface area contributed by atoms with Crippen molar-refractivity contribution in [1.82, 2.24) is 0 Å². The molecule has 0 radical (unpaired) electrons. The van der Waals surface area contributed by atoms with Gasteiger partial charge in [0.1, 0.15) is 6.10 Å². The van der Waals surface area contributed by atoms with Crippen LogP contribution in [0.4, 0.5) is 0 Å². The molecule has 0 spiro atoms. The van der Waals surface area contributed by atoms with E-state index in [2.05, 4.69) is 4.74 Å². The molecule has 0 aromatic rings. The third-order valence-electron chi connectivity index (χ3n) is 0.958. The van der Waals surface area contributed by atoms with Crippen LogP contribution >= 0.6 is 0 Å². The molecule has 0 saturated carbocycles. The molecule has 36 valence electrons. The number of rotatable bonds is 1. The molecule has 0 bridgehead atoms. The van der Waals surface area contributed by atoms with Crippen molar-refractivity contribution < 1.29 is 9.84 Å². The van der Waals surface area contributed by atoms with E-state index >= 15 is 0 Å². The lowest BCUT2D eigenvalue weighted by atomic mass is 10.4. The van der Waals surface area contributed by atoms with Crippen molar-refractivity contribution in [3.8, 4) is 0 Å². The topological polar surface area (TPSA) is 32.8 Å². The fourth-order valence-corrected chi connectivity index (χ4v) is 0.432. The Morgan fingerprint density at radius 3 is 2.33 bits per heavy atom.